The Morgan fingerprint density at radius 2 is 1.93 bits per heavy atom. The Hall–Kier alpha value is -3.00. The molecule has 0 aliphatic carbocycles. The molecule has 150 valence electrons. The lowest BCUT2D eigenvalue weighted by Crippen LogP contribution is -2.15. The summed E-state index contributed by atoms with van der Waals surface area (Å²) in [5.74, 6) is 1.85. The first-order valence-corrected chi connectivity index (χ1v) is 10.4. The van der Waals surface area contributed by atoms with Crippen molar-refractivity contribution in [2.45, 2.75) is 25.5 Å². The van der Waals surface area contributed by atoms with Crippen LogP contribution in [0.3, 0.4) is 0 Å². The van der Waals surface area contributed by atoms with E-state index < -0.39 is 0 Å². The van der Waals surface area contributed by atoms with Gasteiger partial charge in [0.1, 0.15) is 5.75 Å². The predicted octanol–water partition coefficient (Wildman–Crippen LogP) is 3.79. The summed E-state index contributed by atoms with van der Waals surface area (Å²) in [6.07, 6.45) is 0. The van der Waals surface area contributed by atoms with Gasteiger partial charge in [-0.15, -0.1) is 10.2 Å². The van der Waals surface area contributed by atoms with E-state index in [4.69, 9.17) is 4.74 Å². The summed E-state index contributed by atoms with van der Waals surface area (Å²) in [7, 11) is 1.65. The zero-order valence-corrected chi connectivity index (χ0v) is 17.5. The maximum absolute atomic E-state index is 12.4. The Morgan fingerprint density at radius 3 is 2.69 bits per heavy atom. The normalized spacial score (nSPS) is 12.7. The molecule has 0 unspecified atom stereocenters. The van der Waals surface area contributed by atoms with Gasteiger partial charge in [0.25, 0.3) is 0 Å². The summed E-state index contributed by atoms with van der Waals surface area (Å²) in [4.78, 5) is 14.5. The minimum absolute atomic E-state index is 0.0499. The number of anilines is 3. The van der Waals surface area contributed by atoms with Gasteiger partial charge >= 0.3 is 0 Å². The molecule has 1 aliphatic heterocycles. The van der Waals surface area contributed by atoms with Gasteiger partial charge in [-0.1, -0.05) is 23.9 Å². The lowest BCUT2D eigenvalue weighted by molar-refractivity contribution is -0.113. The van der Waals surface area contributed by atoms with E-state index in [0.29, 0.717) is 0 Å². The molecule has 2 heterocycles. The number of nitrogens with zero attached hydrogens (tertiary/aromatic N) is 4. The molecule has 1 N–H and O–H groups in total. The van der Waals surface area contributed by atoms with E-state index in [1.807, 2.05) is 56.3 Å². The quantitative estimate of drug-likeness (QED) is 0.625. The summed E-state index contributed by atoms with van der Waals surface area (Å²) in [5.41, 5.74) is 4.14. The van der Waals surface area contributed by atoms with Gasteiger partial charge in [0.2, 0.25) is 11.9 Å². The lowest BCUT2D eigenvalue weighted by atomic mass is 10.1. The highest BCUT2D eigenvalue weighted by Crippen LogP contribution is 2.32. The molecule has 0 saturated carbocycles. The number of amides is 1. The van der Waals surface area contributed by atoms with Crippen LogP contribution in [-0.2, 0) is 11.3 Å². The summed E-state index contributed by atoms with van der Waals surface area (Å²) < 4.78 is 7.28. The molecular formula is C21H23N5O2S. The number of rotatable bonds is 6. The van der Waals surface area contributed by atoms with Gasteiger partial charge < -0.3 is 15.0 Å². The zero-order valence-electron chi connectivity index (χ0n) is 16.7. The van der Waals surface area contributed by atoms with Gasteiger partial charge in [-0.2, -0.15) is 0 Å². The maximum atomic E-state index is 12.4. The van der Waals surface area contributed by atoms with E-state index in [1.54, 1.807) is 7.11 Å². The van der Waals surface area contributed by atoms with Crippen molar-refractivity contribution in [3.8, 4) is 5.75 Å². The smallest absolute Gasteiger partial charge is 0.234 e. The fourth-order valence-corrected chi connectivity index (χ4v) is 4.05. The molecule has 1 aliphatic rings. The molecule has 0 atom stereocenters. The number of aryl methyl sites for hydroxylation is 1. The fourth-order valence-electron chi connectivity index (χ4n) is 3.29. The number of aromatic nitrogens is 3. The van der Waals surface area contributed by atoms with Crippen molar-refractivity contribution in [2.24, 2.45) is 0 Å². The van der Waals surface area contributed by atoms with Gasteiger partial charge in [-0.05, 0) is 55.3 Å². The van der Waals surface area contributed by atoms with Crippen LogP contribution in [0, 0.1) is 13.8 Å². The number of hydrogen-bond acceptors (Lipinski definition) is 6. The molecule has 1 aromatic heterocycles. The number of methoxy groups -OCH3 is 1. The van der Waals surface area contributed by atoms with Crippen LogP contribution in [-0.4, -0.2) is 40.1 Å². The largest absolute Gasteiger partial charge is 0.497 e. The van der Waals surface area contributed by atoms with Crippen molar-refractivity contribution in [3.05, 3.63) is 53.6 Å². The van der Waals surface area contributed by atoms with Crippen molar-refractivity contribution >= 4 is 35.0 Å². The van der Waals surface area contributed by atoms with Crippen LogP contribution in [0.15, 0.2) is 47.6 Å². The van der Waals surface area contributed by atoms with Gasteiger partial charge in [-0.3, -0.25) is 9.36 Å². The van der Waals surface area contributed by atoms with Crippen LogP contribution >= 0.6 is 11.8 Å². The van der Waals surface area contributed by atoms with Gasteiger partial charge in [0, 0.05) is 24.5 Å². The number of hydrogen-bond donors (Lipinski definition) is 1. The maximum Gasteiger partial charge on any atom is 0.234 e. The summed E-state index contributed by atoms with van der Waals surface area (Å²) in [6, 6.07) is 13.8. The molecule has 0 fully saturated rings. The van der Waals surface area contributed by atoms with Gasteiger partial charge in [-0.25, -0.2) is 0 Å². The van der Waals surface area contributed by atoms with Crippen LogP contribution < -0.4 is 15.0 Å². The Morgan fingerprint density at radius 1 is 1.14 bits per heavy atom. The fraction of sp³-hybridized carbons (Fsp3) is 0.286. The standard InChI is InChI=1S/C21H23N5O2S/c1-14-5-4-6-18(15(14)2)22-19(27)13-29-21-24-23-20-25(11-12-26(20)21)16-7-9-17(28-3)10-8-16/h4-10H,11-13H2,1-3H3,(H,22,27). The number of nitrogens with one attached hydrogen (secondary N) is 1. The highest BCUT2D eigenvalue weighted by atomic mass is 32.2. The Kier molecular flexibility index (Phi) is 5.44. The molecule has 0 radical (unpaired) electrons. The van der Waals surface area contributed by atoms with E-state index in [9.17, 15) is 4.79 Å². The van der Waals surface area contributed by atoms with Gasteiger partial charge in [0.05, 0.1) is 12.9 Å². The minimum atomic E-state index is -0.0499. The van der Waals surface area contributed by atoms with E-state index in [2.05, 4.69) is 25.0 Å². The first kappa shape index (κ1) is 19.3. The van der Waals surface area contributed by atoms with E-state index in [1.165, 1.54) is 11.8 Å². The summed E-state index contributed by atoms with van der Waals surface area (Å²) in [6.45, 7) is 5.65. The Balaban J connectivity index is 1.41. The van der Waals surface area contributed by atoms with Crippen LogP contribution in [0.4, 0.5) is 17.3 Å². The third kappa shape index (κ3) is 3.93. The summed E-state index contributed by atoms with van der Waals surface area (Å²) in [5, 5.41) is 12.4. The topological polar surface area (TPSA) is 72.3 Å². The van der Waals surface area contributed by atoms with Crippen molar-refractivity contribution in [3.63, 3.8) is 0 Å². The highest BCUT2D eigenvalue weighted by Gasteiger charge is 2.26. The molecule has 4 rings (SSSR count). The number of carbonyl (C=O) groups excluding carboxylic acids is 1. The molecule has 8 heteroatoms. The van der Waals surface area contributed by atoms with Crippen LogP contribution in [0.2, 0.25) is 0 Å². The Labute approximate surface area is 174 Å². The van der Waals surface area contributed by atoms with Crippen molar-refractivity contribution in [1.29, 1.82) is 0 Å². The lowest BCUT2D eigenvalue weighted by Gasteiger charge is -2.15. The van der Waals surface area contributed by atoms with Crippen LogP contribution in [0.1, 0.15) is 11.1 Å². The van der Waals surface area contributed by atoms with E-state index >= 15 is 0 Å². The first-order chi connectivity index (χ1) is 14.1. The molecule has 1 amide bonds. The molecule has 0 saturated heterocycles. The molecule has 7 nitrogen and oxygen atoms in total. The van der Waals surface area contributed by atoms with Crippen molar-refractivity contribution < 1.29 is 9.53 Å². The second-order valence-corrected chi connectivity index (χ2v) is 7.81. The Bertz CT molecular complexity index is 1030. The number of ether oxygens (including phenoxy) is 1. The van der Waals surface area contributed by atoms with Crippen molar-refractivity contribution in [1.82, 2.24) is 14.8 Å². The molecule has 2 aromatic carbocycles. The third-order valence-corrected chi connectivity index (χ3v) is 6.05. The second kappa shape index (κ2) is 8.16. The SMILES string of the molecule is COc1ccc(N2CCn3c(SCC(=O)Nc4cccc(C)c4C)nnc32)cc1. The van der Waals surface area contributed by atoms with Crippen LogP contribution in [0.25, 0.3) is 0 Å². The number of benzene rings is 2. The number of thioether (sulfide) groups is 1. The van der Waals surface area contributed by atoms with Crippen molar-refractivity contribution in [2.75, 3.05) is 29.6 Å². The second-order valence-electron chi connectivity index (χ2n) is 6.87. The third-order valence-electron chi connectivity index (χ3n) is 5.08. The summed E-state index contributed by atoms with van der Waals surface area (Å²) >= 11 is 1.40. The number of fused-ring (bicyclic) bond motifs is 1. The van der Waals surface area contributed by atoms with E-state index in [-0.39, 0.29) is 11.7 Å². The number of carbonyl (C=O) groups is 1. The average molecular weight is 410 g/mol. The minimum Gasteiger partial charge on any atom is -0.497 e. The average Bonchev–Trinajstić information content (AvgIpc) is 3.32. The van der Waals surface area contributed by atoms with Gasteiger partial charge in [0.15, 0.2) is 5.16 Å². The monoisotopic (exact) mass is 409 g/mol. The molecule has 0 spiro atoms. The molecule has 0 bridgehead atoms. The molecule has 29 heavy (non-hydrogen) atoms. The molecular weight excluding hydrogens is 386 g/mol. The zero-order chi connectivity index (χ0) is 20.4. The van der Waals surface area contributed by atoms with Crippen LogP contribution in [0.5, 0.6) is 5.75 Å². The first-order valence-electron chi connectivity index (χ1n) is 9.40. The van der Waals surface area contributed by atoms with E-state index in [0.717, 1.165) is 52.4 Å². The highest BCUT2D eigenvalue weighted by molar-refractivity contribution is 7.99. The predicted molar refractivity (Wildman–Crippen MR) is 115 cm³/mol. The molecule has 3 aromatic rings.